The summed E-state index contributed by atoms with van der Waals surface area (Å²) < 4.78 is 0. The van der Waals surface area contributed by atoms with Gasteiger partial charge in [-0.25, -0.2) is 0 Å². The Morgan fingerprint density at radius 3 is 2.38 bits per heavy atom. The van der Waals surface area contributed by atoms with Crippen molar-refractivity contribution >= 4 is 5.91 Å². The van der Waals surface area contributed by atoms with Gasteiger partial charge in [-0.1, -0.05) is 27.2 Å². The molecule has 1 aliphatic carbocycles. The van der Waals surface area contributed by atoms with Gasteiger partial charge < -0.3 is 10.4 Å². The van der Waals surface area contributed by atoms with Crippen LogP contribution in [0.1, 0.15) is 52.9 Å². The first kappa shape index (κ1) is 13.5. The normalized spacial score (nSPS) is 20.3. The number of hydrogen-bond acceptors (Lipinski definition) is 2. The van der Waals surface area contributed by atoms with Gasteiger partial charge in [-0.2, -0.15) is 0 Å². The van der Waals surface area contributed by atoms with Crippen LogP contribution in [-0.4, -0.2) is 23.7 Å². The van der Waals surface area contributed by atoms with E-state index in [-0.39, 0.29) is 24.0 Å². The number of aliphatic hydroxyl groups excluding tert-OH is 1. The van der Waals surface area contributed by atoms with E-state index in [1.807, 2.05) is 0 Å². The van der Waals surface area contributed by atoms with Crippen molar-refractivity contribution in [3.63, 3.8) is 0 Å². The quantitative estimate of drug-likeness (QED) is 0.730. The van der Waals surface area contributed by atoms with Crippen molar-refractivity contribution in [3.05, 3.63) is 0 Å². The maximum Gasteiger partial charge on any atom is 0.226 e. The van der Waals surface area contributed by atoms with E-state index < -0.39 is 0 Å². The third-order valence-electron chi connectivity index (χ3n) is 4.03. The molecule has 1 saturated carbocycles. The van der Waals surface area contributed by atoms with Crippen LogP contribution in [0.5, 0.6) is 0 Å². The van der Waals surface area contributed by atoms with Crippen LogP contribution in [0, 0.1) is 11.3 Å². The van der Waals surface area contributed by atoms with E-state index in [0.29, 0.717) is 12.3 Å². The number of amides is 1. The van der Waals surface area contributed by atoms with E-state index in [1.165, 1.54) is 6.42 Å². The second-order valence-electron chi connectivity index (χ2n) is 5.32. The lowest BCUT2D eigenvalue weighted by molar-refractivity contribution is -0.137. The van der Waals surface area contributed by atoms with Gasteiger partial charge in [-0.3, -0.25) is 4.79 Å². The van der Waals surface area contributed by atoms with Crippen LogP contribution >= 0.6 is 0 Å². The molecule has 0 aromatic rings. The average Bonchev–Trinajstić information content (AvgIpc) is 2.16. The van der Waals surface area contributed by atoms with Crippen molar-refractivity contribution in [2.75, 3.05) is 6.61 Å². The molecule has 1 amide bonds. The number of nitrogens with one attached hydrogen (secondary N) is 1. The van der Waals surface area contributed by atoms with E-state index >= 15 is 0 Å². The second kappa shape index (κ2) is 5.67. The molecule has 0 radical (unpaired) electrons. The summed E-state index contributed by atoms with van der Waals surface area (Å²) in [5.74, 6) is 0.582. The van der Waals surface area contributed by atoms with Crippen LogP contribution in [0.25, 0.3) is 0 Å². The average molecular weight is 227 g/mol. The molecule has 0 aromatic carbocycles. The van der Waals surface area contributed by atoms with Crippen molar-refractivity contribution in [2.24, 2.45) is 11.3 Å². The molecule has 1 rings (SSSR count). The van der Waals surface area contributed by atoms with Gasteiger partial charge in [0, 0.05) is 18.1 Å². The van der Waals surface area contributed by atoms with Gasteiger partial charge in [0.2, 0.25) is 5.91 Å². The van der Waals surface area contributed by atoms with E-state index in [1.54, 1.807) is 0 Å². The molecule has 0 saturated heterocycles. The molecule has 0 spiro atoms. The summed E-state index contributed by atoms with van der Waals surface area (Å²) in [6.45, 7) is 6.40. The standard InChI is InChI=1S/C13H25NO2/c1-4-13(7-5-8-13)12(16)14-11(6-9-15)10(2)3/h10-11,15H,4-9H2,1-3H3,(H,14,16). The minimum absolute atomic E-state index is 0.0946. The Kier molecular flexibility index (Phi) is 4.78. The Balaban J connectivity index is 2.53. The van der Waals surface area contributed by atoms with E-state index in [0.717, 1.165) is 19.3 Å². The molecule has 0 aromatic heterocycles. The van der Waals surface area contributed by atoms with Crippen LogP contribution < -0.4 is 5.32 Å². The molecule has 94 valence electrons. The third kappa shape index (κ3) is 2.76. The molecule has 2 N–H and O–H groups in total. The van der Waals surface area contributed by atoms with Crippen LogP contribution in [0.2, 0.25) is 0 Å². The van der Waals surface area contributed by atoms with Crippen LogP contribution in [-0.2, 0) is 4.79 Å². The van der Waals surface area contributed by atoms with E-state index in [4.69, 9.17) is 5.11 Å². The molecule has 1 aliphatic rings. The van der Waals surface area contributed by atoms with Gasteiger partial charge in [0.1, 0.15) is 0 Å². The van der Waals surface area contributed by atoms with Crippen molar-refractivity contribution in [1.29, 1.82) is 0 Å². The third-order valence-corrected chi connectivity index (χ3v) is 4.03. The largest absolute Gasteiger partial charge is 0.396 e. The fourth-order valence-electron chi connectivity index (χ4n) is 2.38. The molecule has 1 fully saturated rings. The Morgan fingerprint density at radius 1 is 1.44 bits per heavy atom. The lowest BCUT2D eigenvalue weighted by Gasteiger charge is -2.41. The molecule has 3 heteroatoms. The Labute approximate surface area is 98.6 Å². The van der Waals surface area contributed by atoms with Crippen molar-refractivity contribution in [1.82, 2.24) is 5.32 Å². The molecule has 3 nitrogen and oxygen atoms in total. The first-order valence-corrected chi connectivity index (χ1v) is 6.47. The highest BCUT2D eigenvalue weighted by Gasteiger charge is 2.42. The number of aliphatic hydroxyl groups is 1. The predicted octanol–water partition coefficient (Wildman–Crippen LogP) is 2.09. The highest BCUT2D eigenvalue weighted by molar-refractivity contribution is 5.83. The van der Waals surface area contributed by atoms with Gasteiger partial charge in [-0.05, 0) is 31.6 Å². The zero-order valence-electron chi connectivity index (χ0n) is 10.8. The summed E-state index contributed by atoms with van der Waals surface area (Å²) >= 11 is 0. The van der Waals surface area contributed by atoms with E-state index in [9.17, 15) is 4.79 Å². The molecule has 0 aliphatic heterocycles. The molecule has 16 heavy (non-hydrogen) atoms. The van der Waals surface area contributed by atoms with Gasteiger partial charge in [0.25, 0.3) is 0 Å². The summed E-state index contributed by atoms with van der Waals surface area (Å²) in [5.41, 5.74) is -0.0946. The van der Waals surface area contributed by atoms with Crippen LogP contribution in [0.4, 0.5) is 0 Å². The minimum atomic E-state index is -0.0946. The molecular formula is C13H25NO2. The zero-order chi connectivity index (χ0) is 12.2. The number of carbonyl (C=O) groups is 1. The number of carbonyl (C=O) groups excluding carboxylic acids is 1. The molecule has 1 unspecified atom stereocenters. The summed E-state index contributed by atoms with van der Waals surface area (Å²) in [7, 11) is 0. The highest BCUT2D eigenvalue weighted by Crippen LogP contribution is 2.44. The monoisotopic (exact) mass is 227 g/mol. The smallest absolute Gasteiger partial charge is 0.226 e. The summed E-state index contributed by atoms with van der Waals surface area (Å²) in [5, 5.41) is 12.1. The lowest BCUT2D eigenvalue weighted by Crippen LogP contribution is -2.50. The van der Waals surface area contributed by atoms with Gasteiger partial charge in [-0.15, -0.1) is 0 Å². The lowest BCUT2D eigenvalue weighted by atomic mass is 9.66. The van der Waals surface area contributed by atoms with Gasteiger partial charge >= 0.3 is 0 Å². The predicted molar refractivity (Wildman–Crippen MR) is 65.0 cm³/mol. The molecule has 0 bridgehead atoms. The minimum Gasteiger partial charge on any atom is -0.396 e. The highest BCUT2D eigenvalue weighted by atomic mass is 16.3. The topological polar surface area (TPSA) is 49.3 Å². The Bertz CT molecular complexity index is 229. The molecule has 0 heterocycles. The summed E-state index contributed by atoms with van der Waals surface area (Å²) in [4.78, 5) is 12.2. The molecular weight excluding hydrogens is 202 g/mol. The fourth-order valence-corrected chi connectivity index (χ4v) is 2.38. The first-order chi connectivity index (χ1) is 7.55. The Hall–Kier alpha value is -0.570. The maximum atomic E-state index is 12.2. The number of hydrogen-bond donors (Lipinski definition) is 2. The summed E-state index contributed by atoms with van der Waals surface area (Å²) in [6, 6.07) is 0.113. The van der Waals surface area contributed by atoms with Crippen molar-refractivity contribution < 1.29 is 9.90 Å². The van der Waals surface area contributed by atoms with Gasteiger partial charge in [0.05, 0.1) is 0 Å². The van der Waals surface area contributed by atoms with Crippen molar-refractivity contribution in [3.8, 4) is 0 Å². The summed E-state index contributed by atoms with van der Waals surface area (Å²) in [6.07, 6.45) is 4.82. The number of rotatable bonds is 6. The first-order valence-electron chi connectivity index (χ1n) is 6.47. The van der Waals surface area contributed by atoms with Crippen LogP contribution in [0.3, 0.4) is 0 Å². The van der Waals surface area contributed by atoms with Crippen LogP contribution in [0.15, 0.2) is 0 Å². The maximum absolute atomic E-state index is 12.2. The van der Waals surface area contributed by atoms with E-state index in [2.05, 4.69) is 26.1 Å². The SMILES string of the molecule is CCC1(C(=O)NC(CCO)C(C)C)CCC1. The Morgan fingerprint density at radius 2 is 2.06 bits per heavy atom. The van der Waals surface area contributed by atoms with Gasteiger partial charge in [0.15, 0.2) is 0 Å². The zero-order valence-corrected chi connectivity index (χ0v) is 10.8. The second-order valence-corrected chi connectivity index (χ2v) is 5.32. The van der Waals surface area contributed by atoms with Crippen molar-refractivity contribution in [2.45, 2.75) is 58.9 Å². The fraction of sp³-hybridized carbons (Fsp3) is 0.923. The molecule has 1 atom stereocenters.